The Labute approximate surface area is 129 Å². The molecule has 0 saturated heterocycles. The highest BCUT2D eigenvalue weighted by Gasteiger charge is 2.11. The molecule has 0 aliphatic heterocycles. The van der Waals surface area contributed by atoms with Crippen molar-refractivity contribution in [1.29, 1.82) is 0 Å². The van der Waals surface area contributed by atoms with E-state index in [1.165, 1.54) is 5.56 Å². The molecule has 4 nitrogen and oxygen atoms in total. The first kappa shape index (κ1) is 17.9. The molecule has 4 heteroatoms. The van der Waals surface area contributed by atoms with Crippen molar-refractivity contribution in [3.05, 3.63) is 23.4 Å². The molecule has 0 radical (unpaired) electrons. The zero-order chi connectivity index (χ0) is 15.7. The molecule has 0 saturated carbocycles. The first-order chi connectivity index (χ1) is 10.1. The average Bonchev–Trinajstić information content (AvgIpc) is 2.43. The topological polar surface area (TPSA) is 37.4 Å². The van der Waals surface area contributed by atoms with E-state index in [4.69, 9.17) is 9.72 Å². The third-order valence-corrected chi connectivity index (χ3v) is 3.23. The molecule has 0 atom stereocenters. The van der Waals surface area contributed by atoms with Crippen LogP contribution in [0.3, 0.4) is 0 Å². The van der Waals surface area contributed by atoms with Crippen LogP contribution < -0.4 is 10.2 Å². The van der Waals surface area contributed by atoms with Gasteiger partial charge < -0.3 is 15.0 Å². The molecule has 0 aromatic carbocycles. The summed E-state index contributed by atoms with van der Waals surface area (Å²) in [4.78, 5) is 7.03. The van der Waals surface area contributed by atoms with E-state index in [1.807, 2.05) is 0 Å². The Morgan fingerprint density at radius 3 is 2.71 bits per heavy atom. The molecule has 0 amide bonds. The van der Waals surface area contributed by atoms with Gasteiger partial charge in [-0.1, -0.05) is 20.8 Å². The van der Waals surface area contributed by atoms with Crippen molar-refractivity contribution in [3.63, 3.8) is 0 Å². The molecular formula is C17H31N3O. The summed E-state index contributed by atoms with van der Waals surface area (Å²) < 4.78 is 5.23. The number of nitrogens with zero attached hydrogens (tertiary/aromatic N) is 2. The van der Waals surface area contributed by atoms with Crippen LogP contribution in [0, 0.1) is 12.8 Å². The van der Waals surface area contributed by atoms with Crippen LogP contribution in [0.4, 0.5) is 5.82 Å². The van der Waals surface area contributed by atoms with Crippen molar-refractivity contribution in [2.45, 2.75) is 40.7 Å². The van der Waals surface area contributed by atoms with Crippen LogP contribution in [0.5, 0.6) is 0 Å². The lowest BCUT2D eigenvalue weighted by molar-refractivity contribution is 0.204. The molecule has 21 heavy (non-hydrogen) atoms. The van der Waals surface area contributed by atoms with Gasteiger partial charge in [-0.3, -0.25) is 0 Å². The van der Waals surface area contributed by atoms with Gasteiger partial charge in [0.05, 0.1) is 6.61 Å². The fourth-order valence-corrected chi connectivity index (χ4v) is 2.34. The number of nitrogens with one attached hydrogen (secondary N) is 1. The SMILES string of the molecule is CCCNCc1cc(C)nc(N(CCOC)CC(C)C)c1. The second-order valence-corrected chi connectivity index (χ2v) is 5.98. The summed E-state index contributed by atoms with van der Waals surface area (Å²) in [7, 11) is 1.75. The molecule has 0 aliphatic carbocycles. The monoisotopic (exact) mass is 293 g/mol. The number of anilines is 1. The highest BCUT2D eigenvalue weighted by atomic mass is 16.5. The van der Waals surface area contributed by atoms with Crippen molar-refractivity contribution in [2.75, 3.05) is 38.3 Å². The van der Waals surface area contributed by atoms with Crippen LogP contribution in [0.2, 0.25) is 0 Å². The van der Waals surface area contributed by atoms with E-state index in [2.05, 4.69) is 50.0 Å². The summed E-state index contributed by atoms with van der Waals surface area (Å²) in [5.74, 6) is 1.67. The van der Waals surface area contributed by atoms with Gasteiger partial charge in [-0.05, 0) is 43.5 Å². The van der Waals surface area contributed by atoms with E-state index in [1.54, 1.807) is 7.11 Å². The zero-order valence-electron chi connectivity index (χ0n) is 14.3. The number of hydrogen-bond acceptors (Lipinski definition) is 4. The third-order valence-electron chi connectivity index (χ3n) is 3.23. The summed E-state index contributed by atoms with van der Waals surface area (Å²) in [5.41, 5.74) is 2.38. The summed E-state index contributed by atoms with van der Waals surface area (Å²) in [6.45, 7) is 13.3. The standard InChI is InChI=1S/C17H31N3O/c1-6-7-18-12-16-10-15(4)19-17(11-16)20(8-9-21-5)13-14(2)3/h10-11,14,18H,6-9,12-13H2,1-5H3. The quantitative estimate of drug-likeness (QED) is 0.673. The second kappa shape index (κ2) is 9.74. The van der Waals surface area contributed by atoms with E-state index < -0.39 is 0 Å². The Morgan fingerprint density at radius 2 is 2.10 bits per heavy atom. The minimum Gasteiger partial charge on any atom is -0.383 e. The molecule has 0 bridgehead atoms. The Hall–Kier alpha value is -1.13. The summed E-state index contributed by atoms with van der Waals surface area (Å²) in [6.07, 6.45) is 1.16. The second-order valence-electron chi connectivity index (χ2n) is 5.98. The lowest BCUT2D eigenvalue weighted by Gasteiger charge is -2.26. The first-order valence-electron chi connectivity index (χ1n) is 7.99. The highest BCUT2D eigenvalue weighted by Crippen LogP contribution is 2.16. The molecule has 1 N–H and O–H groups in total. The van der Waals surface area contributed by atoms with E-state index in [9.17, 15) is 0 Å². The summed E-state index contributed by atoms with van der Waals surface area (Å²) >= 11 is 0. The van der Waals surface area contributed by atoms with Crippen molar-refractivity contribution in [2.24, 2.45) is 5.92 Å². The fourth-order valence-electron chi connectivity index (χ4n) is 2.34. The zero-order valence-corrected chi connectivity index (χ0v) is 14.3. The number of hydrogen-bond donors (Lipinski definition) is 1. The van der Waals surface area contributed by atoms with Gasteiger partial charge in [0.25, 0.3) is 0 Å². The number of rotatable bonds is 10. The Morgan fingerprint density at radius 1 is 1.33 bits per heavy atom. The number of methoxy groups -OCH3 is 1. The van der Waals surface area contributed by atoms with Crippen LogP contribution in [-0.2, 0) is 11.3 Å². The number of aromatic nitrogens is 1. The van der Waals surface area contributed by atoms with Gasteiger partial charge in [-0.2, -0.15) is 0 Å². The van der Waals surface area contributed by atoms with E-state index >= 15 is 0 Å². The van der Waals surface area contributed by atoms with Gasteiger partial charge in [0.1, 0.15) is 5.82 Å². The summed E-state index contributed by atoms with van der Waals surface area (Å²) in [6, 6.07) is 4.36. The van der Waals surface area contributed by atoms with Gasteiger partial charge in [0.15, 0.2) is 0 Å². The lowest BCUT2D eigenvalue weighted by atomic mass is 10.1. The largest absolute Gasteiger partial charge is 0.383 e. The third kappa shape index (κ3) is 6.91. The van der Waals surface area contributed by atoms with Gasteiger partial charge in [-0.15, -0.1) is 0 Å². The van der Waals surface area contributed by atoms with Crippen molar-refractivity contribution < 1.29 is 4.74 Å². The molecule has 1 aromatic heterocycles. The normalized spacial score (nSPS) is 11.1. The molecular weight excluding hydrogens is 262 g/mol. The van der Waals surface area contributed by atoms with Crippen LogP contribution in [0.15, 0.2) is 12.1 Å². The van der Waals surface area contributed by atoms with E-state index in [0.717, 1.165) is 50.7 Å². The Kier molecular flexibility index (Phi) is 8.31. The maximum Gasteiger partial charge on any atom is 0.129 e. The average molecular weight is 293 g/mol. The van der Waals surface area contributed by atoms with Gasteiger partial charge in [-0.25, -0.2) is 4.98 Å². The molecule has 1 rings (SSSR count). The van der Waals surface area contributed by atoms with Crippen molar-refractivity contribution >= 4 is 5.82 Å². The molecule has 1 aromatic rings. The predicted octanol–water partition coefficient (Wildman–Crippen LogP) is 3.00. The molecule has 120 valence electrons. The van der Waals surface area contributed by atoms with Crippen molar-refractivity contribution in [3.8, 4) is 0 Å². The van der Waals surface area contributed by atoms with Crippen LogP contribution in [0.25, 0.3) is 0 Å². The highest BCUT2D eigenvalue weighted by molar-refractivity contribution is 5.42. The number of aryl methyl sites for hydroxylation is 1. The minimum absolute atomic E-state index is 0.603. The number of pyridine rings is 1. The van der Waals surface area contributed by atoms with Gasteiger partial charge in [0.2, 0.25) is 0 Å². The smallest absolute Gasteiger partial charge is 0.129 e. The Bertz CT molecular complexity index is 407. The maximum atomic E-state index is 5.23. The number of ether oxygens (including phenoxy) is 1. The molecule has 1 heterocycles. The molecule has 0 fully saturated rings. The molecule has 0 spiro atoms. The van der Waals surface area contributed by atoms with Crippen molar-refractivity contribution in [1.82, 2.24) is 10.3 Å². The lowest BCUT2D eigenvalue weighted by Crippen LogP contribution is -2.32. The molecule has 0 unspecified atom stereocenters. The molecule has 0 aliphatic rings. The Balaban J connectivity index is 2.84. The van der Waals surface area contributed by atoms with Gasteiger partial charge >= 0.3 is 0 Å². The van der Waals surface area contributed by atoms with Crippen LogP contribution >= 0.6 is 0 Å². The van der Waals surface area contributed by atoms with Gasteiger partial charge in [0, 0.05) is 32.4 Å². The van der Waals surface area contributed by atoms with E-state index in [-0.39, 0.29) is 0 Å². The summed E-state index contributed by atoms with van der Waals surface area (Å²) in [5, 5.41) is 3.46. The minimum atomic E-state index is 0.603. The van der Waals surface area contributed by atoms with E-state index in [0.29, 0.717) is 5.92 Å². The first-order valence-corrected chi connectivity index (χ1v) is 7.99. The maximum absolute atomic E-state index is 5.23. The van der Waals surface area contributed by atoms with Crippen LogP contribution in [-0.4, -0.2) is 38.3 Å². The van der Waals surface area contributed by atoms with Crippen LogP contribution in [0.1, 0.15) is 38.4 Å². The predicted molar refractivity (Wildman–Crippen MR) is 89.9 cm³/mol. The fraction of sp³-hybridized carbons (Fsp3) is 0.706.